The molecule has 0 amide bonds. The van der Waals surface area contributed by atoms with Gasteiger partial charge in [0, 0.05) is 12.8 Å². The SMILES string of the molecule is CCCC/C=C\CCCCCCCC(=O)OC(CO)COP(=O)(O)OCC(CO)OC(=O)CCCCCCCCCCCCCCC. The fraction of sp³-hybridized carbons (Fsp3) is 0.889. The van der Waals surface area contributed by atoms with Crippen molar-refractivity contribution in [3.05, 3.63) is 12.2 Å². The number of phosphoric acid groups is 1. The van der Waals surface area contributed by atoms with Gasteiger partial charge in [-0.2, -0.15) is 0 Å². The number of carbonyl (C=O) groups is 2. The third kappa shape index (κ3) is 31.7. The zero-order valence-corrected chi connectivity index (χ0v) is 30.6. The van der Waals surface area contributed by atoms with Crippen molar-refractivity contribution < 1.29 is 47.8 Å². The molecule has 0 spiro atoms. The Bertz CT molecular complexity index is 807. The summed E-state index contributed by atoms with van der Waals surface area (Å²) in [5.41, 5.74) is 0. The number of allylic oxidation sites excluding steroid dienone is 2. The number of aliphatic hydroxyl groups excluding tert-OH is 2. The highest BCUT2D eigenvalue weighted by Crippen LogP contribution is 2.43. The fourth-order valence-electron chi connectivity index (χ4n) is 5.04. The first-order valence-corrected chi connectivity index (χ1v) is 20.1. The second-order valence-electron chi connectivity index (χ2n) is 12.6. The van der Waals surface area contributed by atoms with Gasteiger partial charge in [-0.1, -0.05) is 135 Å². The van der Waals surface area contributed by atoms with Gasteiger partial charge in [0.05, 0.1) is 26.4 Å². The smallest absolute Gasteiger partial charge is 0.457 e. The van der Waals surface area contributed by atoms with Crippen molar-refractivity contribution in [2.45, 2.75) is 180 Å². The lowest BCUT2D eigenvalue weighted by Gasteiger charge is -2.20. The predicted octanol–water partition coefficient (Wildman–Crippen LogP) is 8.89. The summed E-state index contributed by atoms with van der Waals surface area (Å²) in [6.45, 7) is 2.14. The molecule has 278 valence electrons. The van der Waals surface area contributed by atoms with Crippen LogP contribution in [0.4, 0.5) is 0 Å². The molecule has 0 radical (unpaired) electrons. The average molecular weight is 693 g/mol. The molecule has 11 heteroatoms. The second-order valence-corrected chi connectivity index (χ2v) is 14.0. The van der Waals surface area contributed by atoms with Crippen molar-refractivity contribution in [2.24, 2.45) is 0 Å². The molecule has 47 heavy (non-hydrogen) atoms. The van der Waals surface area contributed by atoms with Crippen LogP contribution in [0.15, 0.2) is 12.2 Å². The van der Waals surface area contributed by atoms with E-state index in [9.17, 15) is 29.3 Å². The van der Waals surface area contributed by atoms with Crippen LogP contribution >= 0.6 is 7.82 Å². The van der Waals surface area contributed by atoms with E-state index in [1.165, 1.54) is 70.6 Å². The predicted molar refractivity (Wildman–Crippen MR) is 187 cm³/mol. The summed E-state index contributed by atoms with van der Waals surface area (Å²) in [5.74, 6) is -1.03. The van der Waals surface area contributed by atoms with E-state index in [1.807, 2.05) is 0 Å². The van der Waals surface area contributed by atoms with Gasteiger partial charge >= 0.3 is 19.8 Å². The fourth-order valence-corrected chi connectivity index (χ4v) is 5.82. The number of hydrogen-bond donors (Lipinski definition) is 3. The lowest BCUT2D eigenvalue weighted by molar-refractivity contribution is -0.153. The van der Waals surface area contributed by atoms with Crippen LogP contribution in [0.3, 0.4) is 0 Å². The van der Waals surface area contributed by atoms with Gasteiger partial charge < -0.3 is 24.6 Å². The van der Waals surface area contributed by atoms with Gasteiger partial charge in [-0.15, -0.1) is 0 Å². The van der Waals surface area contributed by atoms with E-state index >= 15 is 0 Å². The molecule has 3 N–H and O–H groups in total. The number of rotatable bonds is 35. The van der Waals surface area contributed by atoms with Crippen LogP contribution in [-0.2, 0) is 32.7 Å². The molecule has 0 aliphatic rings. The third-order valence-electron chi connectivity index (χ3n) is 7.98. The van der Waals surface area contributed by atoms with E-state index in [4.69, 9.17) is 18.5 Å². The summed E-state index contributed by atoms with van der Waals surface area (Å²) in [6, 6.07) is 0. The van der Waals surface area contributed by atoms with E-state index in [0.29, 0.717) is 12.8 Å². The molecule has 0 bridgehead atoms. The maximum absolute atomic E-state index is 12.3. The van der Waals surface area contributed by atoms with Crippen LogP contribution < -0.4 is 0 Å². The molecule has 0 aliphatic carbocycles. The topological polar surface area (TPSA) is 149 Å². The van der Waals surface area contributed by atoms with Crippen molar-refractivity contribution >= 4 is 19.8 Å². The first-order chi connectivity index (χ1) is 22.8. The summed E-state index contributed by atoms with van der Waals surface area (Å²) < 4.78 is 32.4. The molecule has 0 saturated heterocycles. The Hall–Kier alpha value is -1.29. The Kier molecular flexibility index (Phi) is 32.3. The minimum absolute atomic E-state index is 0.184. The molecule has 3 atom stereocenters. The molecule has 0 aliphatic heterocycles. The van der Waals surface area contributed by atoms with Crippen molar-refractivity contribution in [3.63, 3.8) is 0 Å². The second kappa shape index (κ2) is 33.2. The molecule has 0 fully saturated rings. The molecule has 0 rings (SSSR count). The van der Waals surface area contributed by atoms with Crippen LogP contribution in [0.5, 0.6) is 0 Å². The highest BCUT2D eigenvalue weighted by molar-refractivity contribution is 7.47. The largest absolute Gasteiger partial charge is 0.472 e. The van der Waals surface area contributed by atoms with Crippen LogP contribution in [0, 0.1) is 0 Å². The van der Waals surface area contributed by atoms with Gasteiger partial charge in [0.15, 0.2) is 0 Å². The number of esters is 2. The lowest BCUT2D eigenvalue weighted by Crippen LogP contribution is -2.28. The monoisotopic (exact) mass is 692 g/mol. The van der Waals surface area contributed by atoms with Gasteiger partial charge in [0.2, 0.25) is 0 Å². The molecule has 0 aromatic heterocycles. The third-order valence-corrected chi connectivity index (χ3v) is 8.93. The summed E-state index contributed by atoms with van der Waals surface area (Å²) in [4.78, 5) is 34.3. The maximum Gasteiger partial charge on any atom is 0.472 e. The normalized spacial score (nSPS) is 14.2. The number of ether oxygens (including phenoxy) is 2. The van der Waals surface area contributed by atoms with Crippen LogP contribution in [-0.4, -0.2) is 65.7 Å². The van der Waals surface area contributed by atoms with Gasteiger partial charge in [-0.05, 0) is 32.1 Å². The maximum atomic E-state index is 12.3. The Morgan fingerprint density at radius 2 is 0.894 bits per heavy atom. The van der Waals surface area contributed by atoms with Crippen molar-refractivity contribution in [1.82, 2.24) is 0 Å². The number of hydrogen-bond acceptors (Lipinski definition) is 9. The molecule has 0 heterocycles. The summed E-state index contributed by atoms with van der Waals surface area (Å²) >= 11 is 0. The van der Waals surface area contributed by atoms with Gasteiger partial charge in [0.25, 0.3) is 0 Å². The van der Waals surface area contributed by atoms with Crippen LogP contribution in [0.1, 0.15) is 168 Å². The quantitative estimate of drug-likeness (QED) is 0.0254. The van der Waals surface area contributed by atoms with E-state index < -0.39 is 58.4 Å². The molecule has 0 aromatic rings. The zero-order chi connectivity index (χ0) is 34.9. The van der Waals surface area contributed by atoms with E-state index in [2.05, 4.69) is 26.0 Å². The molecule has 10 nitrogen and oxygen atoms in total. The van der Waals surface area contributed by atoms with Gasteiger partial charge in [-0.3, -0.25) is 18.6 Å². The summed E-state index contributed by atoms with van der Waals surface area (Å²) in [5, 5.41) is 19.0. The van der Waals surface area contributed by atoms with Crippen molar-refractivity contribution in [1.29, 1.82) is 0 Å². The van der Waals surface area contributed by atoms with E-state index in [0.717, 1.165) is 57.8 Å². The standard InChI is InChI=1S/C36H69O10P/c1-3-5-7-9-11-13-15-16-18-20-22-24-26-28-36(40)46-34(30-38)32-44-47(41,42)43-31-33(29-37)45-35(39)27-25-23-21-19-17-14-12-10-8-6-4-2/h10,12,33-34,37-38H,3-9,11,13-32H2,1-2H3,(H,41,42)/b12-10-. The Balaban J connectivity index is 3.99. The first-order valence-electron chi connectivity index (χ1n) is 18.6. The highest BCUT2D eigenvalue weighted by Gasteiger charge is 2.27. The number of phosphoric ester groups is 1. The zero-order valence-electron chi connectivity index (χ0n) is 29.8. The molecular formula is C36H69O10P. The average Bonchev–Trinajstić information content (AvgIpc) is 3.05. The highest BCUT2D eigenvalue weighted by atomic mass is 31.2. The Morgan fingerprint density at radius 3 is 1.28 bits per heavy atom. The number of carbonyl (C=O) groups excluding carboxylic acids is 2. The minimum Gasteiger partial charge on any atom is -0.457 e. The molecule has 0 aromatic carbocycles. The van der Waals surface area contributed by atoms with Crippen LogP contribution in [0.2, 0.25) is 0 Å². The molecular weight excluding hydrogens is 623 g/mol. The van der Waals surface area contributed by atoms with Crippen molar-refractivity contribution in [2.75, 3.05) is 26.4 Å². The van der Waals surface area contributed by atoms with Crippen LogP contribution in [0.25, 0.3) is 0 Å². The minimum atomic E-state index is -4.62. The summed E-state index contributed by atoms with van der Waals surface area (Å²) in [7, 11) is -4.62. The van der Waals surface area contributed by atoms with E-state index in [1.54, 1.807) is 0 Å². The Labute approximate surface area is 286 Å². The van der Waals surface area contributed by atoms with Crippen molar-refractivity contribution in [3.8, 4) is 0 Å². The van der Waals surface area contributed by atoms with Gasteiger partial charge in [0.1, 0.15) is 12.2 Å². The Morgan fingerprint density at radius 1 is 0.553 bits per heavy atom. The number of unbranched alkanes of at least 4 members (excludes halogenated alkanes) is 19. The molecule has 0 saturated carbocycles. The van der Waals surface area contributed by atoms with Gasteiger partial charge in [-0.25, -0.2) is 4.57 Å². The van der Waals surface area contributed by atoms with E-state index in [-0.39, 0.29) is 12.8 Å². The first kappa shape index (κ1) is 45.7. The number of aliphatic hydroxyl groups is 2. The lowest BCUT2D eigenvalue weighted by atomic mass is 10.0. The molecule has 3 unspecified atom stereocenters. The summed E-state index contributed by atoms with van der Waals surface area (Å²) in [6.07, 6.45) is 27.6.